The van der Waals surface area contributed by atoms with E-state index in [0.29, 0.717) is 12.5 Å². The van der Waals surface area contributed by atoms with Crippen molar-refractivity contribution in [1.82, 2.24) is 20.0 Å². The number of nitrogens with zero attached hydrogens (tertiary/aromatic N) is 3. The summed E-state index contributed by atoms with van der Waals surface area (Å²) in [6, 6.07) is 2.16. The molecule has 22 heavy (non-hydrogen) atoms. The van der Waals surface area contributed by atoms with Gasteiger partial charge in [0.05, 0.1) is 12.2 Å². The van der Waals surface area contributed by atoms with Crippen LogP contribution in [0.3, 0.4) is 0 Å². The van der Waals surface area contributed by atoms with Crippen LogP contribution in [0.15, 0.2) is 6.07 Å². The summed E-state index contributed by atoms with van der Waals surface area (Å²) < 4.78 is 5.65. The number of H-pyrrole nitrogens is 1. The number of hydrogen-bond acceptors (Lipinski definition) is 4. The number of likely N-dealkylation sites (tertiary alicyclic amines) is 1. The molecule has 0 saturated carbocycles. The van der Waals surface area contributed by atoms with Gasteiger partial charge in [0, 0.05) is 25.8 Å². The van der Waals surface area contributed by atoms with Crippen molar-refractivity contribution in [3.8, 4) is 0 Å². The maximum atomic E-state index is 11.7. The first-order chi connectivity index (χ1) is 10.5. The van der Waals surface area contributed by atoms with Crippen molar-refractivity contribution in [3.05, 3.63) is 17.5 Å². The summed E-state index contributed by atoms with van der Waals surface area (Å²) in [6.45, 7) is 7.79. The van der Waals surface area contributed by atoms with Gasteiger partial charge in [0.25, 0.3) is 0 Å². The maximum absolute atomic E-state index is 11.7. The van der Waals surface area contributed by atoms with Gasteiger partial charge >= 0.3 is 6.09 Å². The van der Waals surface area contributed by atoms with Gasteiger partial charge in [0.2, 0.25) is 0 Å². The van der Waals surface area contributed by atoms with Gasteiger partial charge in [-0.25, -0.2) is 4.79 Å². The van der Waals surface area contributed by atoms with E-state index in [4.69, 9.17) is 4.74 Å². The molecule has 0 aromatic carbocycles. The molecular formula is C16H26N4O2. The molecule has 6 heteroatoms. The normalized spacial score (nSPS) is 26.2. The third-order valence-electron chi connectivity index (χ3n) is 4.45. The zero-order chi connectivity index (χ0) is 15.7. The maximum Gasteiger partial charge on any atom is 0.410 e. The number of carbonyl (C=O) groups is 1. The van der Waals surface area contributed by atoms with Crippen molar-refractivity contribution in [2.24, 2.45) is 5.92 Å². The summed E-state index contributed by atoms with van der Waals surface area (Å²) in [7, 11) is 1.81. The van der Waals surface area contributed by atoms with Crippen LogP contribution in [-0.2, 0) is 17.7 Å². The van der Waals surface area contributed by atoms with E-state index in [-0.39, 0.29) is 11.7 Å². The average Bonchev–Trinajstić information content (AvgIpc) is 2.95. The van der Waals surface area contributed by atoms with Crippen molar-refractivity contribution in [3.63, 3.8) is 0 Å². The Kier molecular flexibility index (Phi) is 4.12. The van der Waals surface area contributed by atoms with Crippen LogP contribution in [-0.4, -0.2) is 58.4 Å². The fraction of sp³-hybridized carbons (Fsp3) is 0.750. The van der Waals surface area contributed by atoms with E-state index in [1.807, 2.05) is 7.05 Å². The molecule has 2 saturated heterocycles. The second kappa shape index (κ2) is 5.91. The average molecular weight is 306 g/mol. The van der Waals surface area contributed by atoms with Crippen LogP contribution in [0.4, 0.5) is 4.79 Å². The number of rotatable bonds is 4. The third kappa shape index (κ3) is 3.27. The Bertz CT molecular complexity index is 542. The SMILES string of the molecule is CC(C)Cc1cc(CN2CCC[C@@]3(C2)CN(C)C(=O)O3)[nH]n1. The summed E-state index contributed by atoms with van der Waals surface area (Å²) in [4.78, 5) is 15.7. The lowest BCUT2D eigenvalue weighted by molar-refractivity contribution is -0.0116. The number of aromatic nitrogens is 2. The predicted molar refractivity (Wildman–Crippen MR) is 83.5 cm³/mol. The van der Waals surface area contributed by atoms with Gasteiger partial charge in [-0.3, -0.25) is 10.00 Å². The molecule has 1 spiro atoms. The molecule has 1 amide bonds. The van der Waals surface area contributed by atoms with E-state index in [2.05, 4.69) is 35.0 Å². The lowest BCUT2D eigenvalue weighted by Gasteiger charge is -2.38. The van der Waals surface area contributed by atoms with Gasteiger partial charge in [-0.15, -0.1) is 0 Å². The standard InChI is InChI=1S/C16H26N4O2/c1-12(2)7-13-8-14(18-17-13)9-20-6-4-5-16(11-20)10-19(3)15(21)22-16/h8,12H,4-7,9-11H2,1-3H3,(H,17,18)/t16-/m0/s1. The Hall–Kier alpha value is -1.56. The van der Waals surface area contributed by atoms with Crippen molar-refractivity contribution in [2.75, 3.05) is 26.7 Å². The molecule has 0 aliphatic carbocycles. The molecule has 3 heterocycles. The fourth-order valence-electron chi connectivity index (χ4n) is 3.58. The van der Waals surface area contributed by atoms with Crippen molar-refractivity contribution in [2.45, 2.75) is 45.3 Å². The first-order valence-corrected chi connectivity index (χ1v) is 8.15. The van der Waals surface area contributed by atoms with Gasteiger partial charge in [-0.1, -0.05) is 13.8 Å². The molecule has 0 unspecified atom stereocenters. The highest BCUT2D eigenvalue weighted by atomic mass is 16.6. The highest BCUT2D eigenvalue weighted by Crippen LogP contribution is 2.31. The number of hydrogen-bond donors (Lipinski definition) is 1. The highest BCUT2D eigenvalue weighted by Gasteiger charge is 2.46. The quantitative estimate of drug-likeness (QED) is 0.924. The van der Waals surface area contributed by atoms with Crippen LogP contribution in [0.25, 0.3) is 0 Å². The van der Waals surface area contributed by atoms with Gasteiger partial charge in [0.15, 0.2) is 0 Å². The first-order valence-electron chi connectivity index (χ1n) is 8.15. The van der Waals surface area contributed by atoms with Crippen molar-refractivity contribution in [1.29, 1.82) is 0 Å². The summed E-state index contributed by atoms with van der Waals surface area (Å²) in [5.41, 5.74) is 1.96. The van der Waals surface area contributed by atoms with E-state index in [1.165, 1.54) is 0 Å². The Morgan fingerprint density at radius 1 is 1.45 bits per heavy atom. The Morgan fingerprint density at radius 3 is 2.95 bits per heavy atom. The van der Waals surface area contributed by atoms with Gasteiger partial charge in [-0.2, -0.15) is 5.10 Å². The second-order valence-corrected chi connectivity index (χ2v) is 7.20. The minimum absolute atomic E-state index is 0.192. The topological polar surface area (TPSA) is 61.5 Å². The molecule has 0 bridgehead atoms. The Morgan fingerprint density at radius 2 is 2.27 bits per heavy atom. The number of nitrogens with one attached hydrogen (secondary N) is 1. The molecule has 2 aliphatic heterocycles. The van der Waals surface area contributed by atoms with E-state index in [9.17, 15) is 4.79 Å². The molecule has 6 nitrogen and oxygen atoms in total. The van der Waals surface area contributed by atoms with E-state index >= 15 is 0 Å². The van der Waals surface area contributed by atoms with Crippen LogP contribution in [0.1, 0.15) is 38.1 Å². The number of carbonyl (C=O) groups excluding carboxylic acids is 1. The predicted octanol–water partition coefficient (Wildman–Crippen LogP) is 2.02. The fourth-order valence-corrected chi connectivity index (χ4v) is 3.58. The number of likely N-dealkylation sites (N-methyl/N-ethyl adjacent to an activating group) is 1. The smallest absolute Gasteiger partial charge is 0.410 e. The molecule has 0 radical (unpaired) electrons. The lowest BCUT2D eigenvalue weighted by atomic mass is 9.92. The summed E-state index contributed by atoms with van der Waals surface area (Å²) in [6.07, 6.45) is 2.83. The van der Waals surface area contributed by atoms with Gasteiger partial charge in [-0.05, 0) is 37.8 Å². The highest BCUT2D eigenvalue weighted by molar-refractivity contribution is 5.70. The summed E-state index contributed by atoms with van der Waals surface area (Å²) in [5, 5.41) is 7.53. The third-order valence-corrected chi connectivity index (χ3v) is 4.45. The Labute approximate surface area is 131 Å². The Balaban J connectivity index is 1.61. The molecule has 1 atom stereocenters. The minimum atomic E-state index is -0.315. The van der Waals surface area contributed by atoms with Gasteiger partial charge in [0.1, 0.15) is 5.60 Å². The van der Waals surface area contributed by atoms with Crippen LogP contribution < -0.4 is 0 Å². The van der Waals surface area contributed by atoms with E-state index in [1.54, 1.807) is 4.90 Å². The summed E-state index contributed by atoms with van der Waals surface area (Å²) in [5.74, 6) is 0.614. The van der Waals surface area contributed by atoms with Crippen LogP contribution >= 0.6 is 0 Å². The zero-order valence-electron chi connectivity index (χ0n) is 13.8. The largest absolute Gasteiger partial charge is 0.440 e. The molecule has 3 rings (SSSR count). The lowest BCUT2D eigenvalue weighted by Crippen LogP contribution is -2.50. The zero-order valence-corrected chi connectivity index (χ0v) is 13.8. The van der Waals surface area contributed by atoms with Crippen LogP contribution in [0, 0.1) is 5.92 Å². The molecule has 1 aromatic heterocycles. The molecule has 1 aromatic rings. The molecular weight excluding hydrogens is 280 g/mol. The molecule has 1 N–H and O–H groups in total. The minimum Gasteiger partial charge on any atom is -0.440 e. The van der Waals surface area contributed by atoms with Crippen LogP contribution in [0.5, 0.6) is 0 Å². The number of ether oxygens (including phenoxy) is 1. The van der Waals surface area contributed by atoms with E-state index in [0.717, 1.165) is 50.3 Å². The van der Waals surface area contributed by atoms with Gasteiger partial charge < -0.3 is 9.64 Å². The number of amides is 1. The van der Waals surface area contributed by atoms with Crippen LogP contribution in [0.2, 0.25) is 0 Å². The van der Waals surface area contributed by atoms with Crippen molar-refractivity contribution < 1.29 is 9.53 Å². The molecule has 122 valence electrons. The van der Waals surface area contributed by atoms with E-state index < -0.39 is 0 Å². The number of aromatic amines is 1. The van der Waals surface area contributed by atoms with Crippen molar-refractivity contribution >= 4 is 6.09 Å². The number of piperidine rings is 1. The molecule has 2 aliphatic rings. The monoisotopic (exact) mass is 306 g/mol. The first kappa shape index (κ1) is 15.3. The summed E-state index contributed by atoms with van der Waals surface area (Å²) >= 11 is 0. The second-order valence-electron chi connectivity index (χ2n) is 7.20. The molecule has 2 fully saturated rings.